The molecule has 0 spiro atoms. The van der Waals surface area contributed by atoms with Crippen LogP contribution in [0, 0.1) is 0 Å². The van der Waals surface area contributed by atoms with Gasteiger partial charge in [-0.1, -0.05) is 80.1 Å². The number of unbranched alkanes of at least 4 members (excludes halogenated alkanes) is 6. The average molecular weight is 624 g/mol. The van der Waals surface area contributed by atoms with Gasteiger partial charge >= 0.3 is 13.6 Å². The first-order valence-corrected chi connectivity index (χ1v) is 16.7. The van der Waals surface area contributed by atoms with Crippen molar-refractivity contribution in [3.8, 4) is 0 Å². The molecule has 0 aliphatic heterocycles. The number of aromatic amines is 2. The molecule has 1 aromatic heterocycles. The number of H-pyrrole nitrogens is 2. The van der Waals surface area contributed by atoms with Crippen molar-refractivity contribution in [2.45, 2.75) is 119 Å². The highest BCUT2D eigenvalue weighted by Crippen LogP contribution is 2.67. The summed E-state index contributed by atoms with van der Waals surface area (Å²) >= 11 is 0. The molecule has 0 fully saturated rings. The largest absolute Gasteiger partial charge is 0.342 e. The van der Waals surface area contributed by atoms with Crippen molar-refractivity contribution >= 4 is 30.7 Å². The second kappa shape index (κ2) is 22.0. The first kappa shape index (κ1) is 37.2. The quantitative estimate of drug-likeness (QED) is 0.115. The summed E-state index contributed by atoms with van der Waals surface area (Å²) < 4.78 is 8.05. The molecular formula is C27H58BrN7O2P+. The van der Waals surface area contributed by atoms with Crippen LogP contribution >= 0.6 is 24.8 Å². The van der Waals surface area contributed by atoms with Crippen LogP contribution in [0.2, 0.25) is 0 Å². The van der Waals surface area contributed by atoms with Crippen molar-refractivity contribution in [2.75, 3.05) is 44.4 Å². The van der Waals surface area contributed by atoms with Gasteiger partial charge in [0.05, 0.1) is 0 Å². The lowest BCUT2D eigenvalue weighted by Crippen LogP contribution is -2.51. The molecule has 224 valence electrons. The fourth-order valence-electron chi connectivity index (χ4n) is 4.53. The number of rotatable bonds is 23. The van der Waals surface area contributed by atoms with E-state index >= 15 is 0 Å². The van der Waals surface area contributed by atoms with Crippen molar-refractivity contribution in [3.63, 3.8) is 0 Å². The van der Waals surface area contributed by atoms with Gasteiger partial charge in [-0.2, -0.15) is 5.09 Å². The Bertz CT molecular complexity index is 749. The molecule has 38 heavy (non-hydrogen) atoms. The Morgan fingerprint density at radius 3 is 1.21 bits per heavy atom. The van der Waals surface area contributed by atoms with Crippen LogP contribution in [0.4, 0.5) is 5.82 Å². The van der Waals surface area contributed by atoms with Gasteiger partial charge < -0.3 is 0 Å². The van der Waals surface area contributed by atoms with E-state index < -0.39 is 19.1 Å². The van der Waals surface area contributed by atoms with Gasteiger partial charge in [0.25, 0.3) is 5.56 Å². The minimum absolute atomic E-state index is 0. The molecule has 0 aliphatic carbocycles. The van der Waals surface area contributed by atoms with Gasteiger partial charge in [0.15, 0.2) is 0 Å². The first-order chi connectivity index (χ1) is 17.9. The van der Waals surface area contributed by atoms with E-state index in [4.69, 9.17) is 0 Å². The highest BCUT2D eigenvalue weighted by atomic mass is 79.9. The van der Waals surface area contributed by atoms with Gasteiger partial charge in [-0.15, -0.1) is 36.1 Å². The molecule has 0 aliphatic rings. The summed E-state index contributed by atoms with van der Waals surface area (Å²) in [4.78, 5) is 27.3. The number of nitrogens with one attached hydrogen (secondary N) is 3. The van der Waals surface area contributed by atoms with E-state index in [1.807, 2.05) is 0 Å². The highest BCUT2D eigenvalue weighted by molar-refractivity contribution is 8.93. The molecule has 11 heteroatoms. The summed E-state index contributed by atoms with van der Waals surface area (Å²) in [6.45, 7) is 19.3. The minimum Gasteiger partial charge on any atom is -0.270 e. The molecule has 1 heterocycles. The number of hydrogen-bond acceptors (Lipinski definition) is 7. The Morgan fingerprint density at radius 1 is 0.632 bits per heavy atom. The third-order valence-corrected chi connectivity index (χ3v) is 10.8. The lowest BCUT2D eigenvalue weighted by Gasteiger charge is -2.47. The number of halogens is 1. The Balaban J connectivity index is 0.0000137. The molecule has 0 atom stereocenters. The lowest BCUT2D eigenvalue weighted by molar-refractivity contribution is 0.285. The summed E-state index contributed by atoms with van der Waals surface area (Å²) in [6.07, 6.45) is 13.3. The van der Waals surface area contributed by atoms with Gasteiger partial charge in [0.2, 0.25) is 5.82 Å². The van der Waals surface area contributed by atoms with Gasteiger partial charge in [-0.05, 0) is 38.5 Å². The maximum atomic E-state index is 13.0. The molecule has 0 aromatic carbocycles. The highest BCUT2D eigenvalue weighted by Gasteiger charge is 2.57. The second-order valence-electron chi connectivity index (χ2n) is 10.0. The van der Waals surface area contributed by atoms with Crippen LogP contribution in [0.5, 0.6) is 0 Å². The minimum atomic E-state index is -2.42. The van der Waals surface area contributed by atoms with Crippen LogP contribution in [0.1, 0.15) is 119 Å². The van der Waals surface area contributed by atoms with E-state index in [9.17, 15) is 9.59 Å². The fraction of sp³-hybridized carbons (Fsp3) is 0.889. The van der Waals surface area contributed by atoms with Crippen molar-refractivity contribution in [1.29, 1.82) is 0 Å². The fourth-order valence-corrected chi connectivity index (χ4v) is 8.99. The number of hydrogen-bond donors (Lipinski definition) is 3. The summed E-state index contributed by atoms with van der Waals surface area (Å²) in [5.41, 5.74) is -1.02. The molecule has 0 saturated carbocycles. The third-order valence-electron chi connectivity index (χ3n) is 6.77. The van der Waals surface area contributed by atoms with Crippen molar-refractivity contribution < 1.29 is 0 Å². The predicted molar refractivity (Wildman–Crippen MR) is 171 cm³/mol. The summed E-state index contributed by atoms with van der Waals surface area (Å²) in [5, 5.41) is 10.5. The Labute approximate surface area is 243 Å². The second-order valence-corrected chi connectivity index (χ2v) is 13.1. The zero-order chi connectivity index (χ0) is 27.5. The SMILES string of the molecule is Br.CCCCN(CCCC)[P+](Nc1n[nH]c(=O)[nH]c1=O)(N(CCCC)CCCC)N(CCCC)CCCC. The van der Waals surface area contributed by atoms with E-state index in [1.54, 1.807) is 0 Å². The standard InChI is InChI=1S/C27H56N7O2P.BrH/c1-7-13-19-32(20-14-8-2)37(33(21-15-9-3)22-16-10-4,34(23-17-11-5)24-18-12-6)31-25-26(35)28-27(36)30-29-25;/h7-24H2,1-6H3,(H2-,28,29,30,31,35,36);1H/p+1. The van der Waals surface area contributed by atoms with Crippen LogP contribution in [0.15, 0.2) is 9.59 Å². The first-order valence-electron chi connectivity index (χ1n) is 15.1. The maximum absolute atomic E-state index is 13.0. The number of nitrogens with zero attached hydrogens (tertiary/aromatic N) is 4. The van der Waals surface area contributed by atoms with Crippen LogP contribution < -0.4 is 16.3 Å². The summed E-state index contributed by atoms with van der Waals surface area (Å²) in [5.74, 6) is 0.224. The molecule has 9 nitrogen and oxygen atoms in total. The molecule has 0 amide bonds. The number of anilines is 1. The third kappa shape index (κ3) is 11.7. The summed E-state index contributed by atoms with van der Waals surface area (Å²) in [6, 6.07) is 0. The van der Waals surface area contributed by atoms with E-state index in [-0.39, 0.29) is 22.8 Å². The Hall–Kier alpha value is -0.800. The van der Waals surface area contributed by atoms with E-state index in [1.165, 1.54) is 0 Å². The van der Waals surface area contributed by atoms with Crippen molar-refractivity contribution in [3.05, 3.63) is 20.8 Å². The maximum Gasteiger partial charge on any atom is 0.342 e. The van der Waals surface area contributed by atoms with Crippen LogP contribution in [0.25, 0.3) is 0 Å². The van der Waals surface area contributed by atoms with Crippen LogP contribution in [0.3, 0.4) is 0 Å². The molecule has 0 radical (unpaired) electrons. The average Bonchev–Trinajstić information content (AvgIpc) is 2.89. The summed E-state index contributed by atoms with van der Waals surface area (Å²) in [7, 11) is -2.42. The van der Waals surface area contributed by atoms with Crippen LogP contribution in [-0.4, -0.2) is 68.5 Å². The predicted octanol–water partition coefficient (Wildman–Crippen LogP) is 6.83. The molecular weight excluding hydrogens is 565 g/mol. The topological polar surface area (TPSA) is 100 Å². The molecule has 1 aromatic rings. The lowest BCUT2D eigenvalue weighted by atomic mass is 10.3. The van der Waals surface area contributed by atoms with Crippen LogP contribution in [-0.2, 0) is 0 Å². The van der Waals surface area contributed by atoms with E-state index in [2.05, 4.69) is 75.8 Å². The van der Waals surface area contributed by atoms with E-state index in [0.717, 1.165) is 116 Å². The molecule has 0 saturated heterocycles. The van der Waals surface area contributed by atoms with Gasteiger partial charge in [-0.25, -0.2) is 9.89 Å². The van der Waals surface area contributed by atoms with Gasteiger partial charge in [-0.3, -0.25) is 9.78 Å². The van der Waals surface area contributed by atoms with E-state index in [0.29, 0.717) is 0 Å². The molecule has 3 N–H and O–H groups in total. The Kier molecular flexibility index (Phi) is 21.5. The van der Waals surface area contributed by atoms with Gasteiger partial charge in [0, 0.05) is 39.3 Å². The molecule has 1 rings (SSSR count). The Morgan fingerprint density at radius 2 is 0.947 bits per heavy atom. The van der Waals surface area contributed by atoms with Gasteiger partial charge in [0.1, 0.15) is 0 Å². The number of aromatic nitrogens is 3. The van der Waals surface area contributed by atoms with Crippen molar-refractivity contribution in [1.82, 2.24) is 29.2 Å². The zero-order valence-electron chi connectivity index (χ0n) is 25.2. The van der Waals surface area contributed by atoms with Crippen molar-refractivity contribution in [2.24, 2.45) is 0 Å². The monoisotopic (exact) mass is 622 g/mol. The zero-order valence-corrected chi connectivity index (χ0v) is 27.8. The molecule has 0 bridgehead atoms. The smallest absolute Gasteiger partial charge is 0.270 e. The molecule has 0 unspecified atom stereocenters. The normalized spacial score (nSPS) is 11.9.